The van der Waals surface area contributed by atoms with Gasteiger partial charge in [-0.25, -0.2) is 9.78 Å². The summed E-state index contributed by atoms with van der Waals surface area (Å²) >= 11 is 0. The second-order valence-electron chi connectivity index (χ2n) is 8.39. The predicted molar refractivity (Wildman–Crippen MR) is 111 cm³/mol. The van der Waals surface area contributed by atoms with Crippen molar-refractivity contribution in [3.8, 4) is 0 Å². The van der Waals surface area contributed by atoms with E-state index in [-0.39, 0.29) is 17.9 Å². The lowest BCUT2D eigenvalue weighted by Crippen LogP contribution is -2.48. The van der Waals surface area contributed by atoms with Crippen LogP contribution in [0.25, 0.3) is 0 Å². The third-order valence-corrected chi connectivity index (χ3v) is 6.18. The van der Waals surface area contributed by atoms with Crippen LogP contribution < -0.4 is 0 Å². The summed E-state index contributed by atoms with van der Waals surface area (Å²) in [4.78, 5) is 32.7. The lowest BCUT2D eigenvalue weighted by Gasteiger charge is -2.37. The highest BCUT2D eigenvalue weighted by molar-refractivity contribution is 5.76. The fraction of sp³-hybridized carbons (Fsp3) is 0.545. The molecule has 1 spiro atoms. The predicted octanol–water partition coefficient (Wildman–Crippen LogP) is 2.68. The molecule has 2 fully saturated rings. The number of piperidine rings is 1. The number of ether oxygens (including phenoxy) is 1. The van der Waals surface area contributed by atoms with Crippen molar-refractivity contribution in [3.05, 3.63) is 48.5 Å². The van der Waals surface area contributed by atoms with Gasteiger partial charge in [0.1, 0.15) is 18.3 Å². The lowest BCUT2D eigenvalue weighted by atomic mass is 9.90. The molecule has 30 heavy (non-hydrogen) atoms. The van der Waals surface area contributed by atoms with Crippen LogP contribution in [0.1, 0.15) is 44.1 Å². The van der Waals surface area contributed by atoms with Gasteiger partial charge >= 0.3 is 6.09 Å². The van der Waals surface area contributed by atoms with E-state index in [1.54, 1.807) is 11.0 Å². The Morgan fingerprint density at radius 1 is 1.23 bits per heavy atom. The number of hydrogen-bond acceptors (Lipinski definition) is 5. The number of aromatic nitrogens is 3. The molecule has 4 rings (SSSR count). The molecule has 8 heteroatoms. The van der Waals surface area contributed by atoms with E-state index in [9.17, 15) is 9.59 Å². The molecular weight excluding hydrogens is 382 g/mol. The van der Waals surface area contributed by atoms with Crippen LogP contribution in [0, 0.1) is 0 Å². The number of aryl methyl sites for hydroxylation is 1. The van der Waals surface area contributed by atoms with Gasteiger partial charge in [0.05, 0.1) is 6.54 Å². The Labute approximate surface area is 176 Å². The van der Waals surface area contributed by atoms with E-state index in [4.69, 9.17) is 4.74 Å². The second kappa shape index (κ2) is 8.85. The summed E-state index contributed by atoms with van der Waals surface area (Å²) in [7, 11) is 0. The van der Waals surface area contributed by atoms with Crippen molar-refractivity contribution in [2.45, 2.75) is 50.7 Å². The molecule has 1 atom stereocenters. The van der Waals surface area contributed by atoms with Gasteiger partial charge in [-0.1, -0.05) is 37.3 Å². The normalized spacial score (nSPS) is 19.2. The molecule has 8 nitrogen and oxygen atoms in total. The molecule has 2 aliphatic rings. The van der Waals surface area contributed by atoms with E-state index in [1.807, 2.05) is 28.0 Å². The molecule has 2 aliphatic heterocycles. The number of carbonyl (C=O) groups is 2. The second-order valence-corrected chi connectivity index (χ2v) is 8.39. The summed E-state index contributed by atoms with van der Waals surface area (Å²) in [6.07, 6.45) is 5.56. The maximum atomic E-state index is 12.5. The van der Waals surface area contributed by atoms with E-state index in [2.05, 4.69) is 29.1 Å². The van der Waals surface area contributed by atoms with Gasteiger partial charge < -0.3 is 14.5 Å². The minimum absolute atomic E-state index is 0.156. The van der Waals surface area contributed by atoms with Crippen LogP contribution in [0.15, 0.2) is 43.0 Å². The fourth-order valence-electron chi connectivity index (χ4n) is 4.37. The van der Waals surface area contributed by atoms with Gasteiger partial charge in [0.25, 0.3) is 0 Å². The molecule has 0 N–H and O–H groups in total. The molecular formula is C22H29N5O3. The van der Waals surface area contributed by atoms with Gasteiger partial charge in [-0.2, -0.15) is 5.10 Å². The zero-order valence-electron chi connectivity index (χ0n) is 17.4. The Balaban J connectivity index is 1.24. The largest absolute Gasteiger partial charge is 0.441 e. The number of rotatable bonds is 7. The summed E-state index contributed by atoms with van der Waals surface area (Å²) in [5.41, 5.74) is 0.767. The lowest BCUT2D eigenvalue weighted by molar-refractivity contribution is -0.134. The Morgan fingerprint density at radius 2 is 2.00 bits per heavy atom. The topological polar surface area (TPSA) is 80.6 Å². The summed E-state index contributed by atoms with van der Waals surface area (Å²) in [5, 5.41) is 4.06. The molecule has 2 aromatic rings. The van der Waals surface area contributed by atoms with Crippen LogP contribution >= 0.6 is 0 Å². The number of hydrogen-bond donors (Lipinski definition) is 0. The van der Waals surface area contributed by atoms with Crippen LogP contribution in [0.4, 0.5) is 4.79 Å². The summed E-state index contributed by atoms with van der Waals surface area (Å²) in [5.74, 6) is 0.407. The molecule has 0 aliphatic carbocycles. The highest BCUT2D eigenvalue weighted by Crippen LogP contribution is 2.34. The van der Waals surface area contributed by atoms with Crippen molar-refractivity contribution in [2.24, 2.45) is 0 Å². The Bertz CT molecular complexity index is 847. The molecule has 1 aromatic heterocycles. The van der Waals surface area contributed by atoms with Crippen LogP contribution in [-0.2, 0) is 16.1 Å². The van der Waals surface area contributed by atoms with Crippen LogP contribution in [0.3, 0.4) is 0 Å². The van der Waals surface area contributed by atoms with Crippen molar-refractivity contribution in [2.75, 3.05) is 26.2 Å². The Hall–Kier alpha value is -2.90. The van der Waals surface area contributed by atoms with Gasteiger partial charge in [-0.15, -0.1) is 0 Å². The number of carbonyl (C=O) groups excluding carboxylic acids is 2. The maximum absolute atomic E-state index is 12.5. The SMILES string of the molecule is CC(CN1CC2(CCN(C(=O)CCCn3cncn3)CC2)OC1=O)c1ccccc1. The smallest absolute Gasteiger partial charge is 0.410 e. The highest BCUT2D eigenvalue weighted by atomic mass is 16.6. The third-order valence-electron chi connectivity index (χ3n) is 6.18. The molecule has 2 amide bonds. The quantitative estimate of drug-likeness (QED) is 0.700. The highest BCUT2D eigenvalue weighted by Gasteiger charge is 2.47. The van der Waals surface area contributed by atoms with Crippen LogP contribution in [-0.4, -0.2) is 68.3 Å². The average molecular weight is 412 g/mol. The van der Waals surface area contributed by atoms with Crippen LogP contribution in [0.2, 0.25) is 0 Å². The van der Waals surface area contributed by atoms with Gasteiger partial charge in [-0.05, 0) is 17.9 Å². The molecule has 2 saturated heterocycles. The third kappa shape index (κ3) is 4.63. The van der Waals surface area contributed by atoms with Gasteiger partial charge in [0.2, 0.25) is 5.91 Å². The van der Waals surface area contributed by atoms with Crippen LogP contribution in [0.5, 0.6) is 0 Å². The Kier molecular flexibility index (Phi) is 6.01. The van der Waals surface area contributed by atoms with Crippen molar-refractivity contribution >= 4 is 12.0 Å². The van der Waals surface area contributed by atoms with Crippen molar-refractivity contribution in [1.82, 2.24) is 24.6 Å². The first-order valence-corrected chi connectivity index (χ1v) is 10.7. The van der Waals surface area contributed by atoms with Gasteiger partial charge in [0.15, 0.2) is 0 Å². The Morgan fingerprint density at radius 3 is 2.70 bits per heavy atom. The molecule has 1 unspecified atom stereocenters. The first-order chi connectivity index (χ1) is 14.5. The zero-order chi connectivity index (χ0) is 21.0. The minimum Gasteiger partial charge on any atom is -0.441 e. The van der Waals surface area contributed by atoms with E-state index >= 15 is 0 Å². The summed E-state index contributed by atoms with van der Waals surface area (Å²) in [6, 6.07) is 10.2. The molecule has 0 bridgehead atoms. The first-order valence-electron chi connectivity index (χ1n) is 10.7. The number of benzene rings is 1. The number of likely N-dealkylation sites (tertiary alicyclic amines) is 1. The molecule has 3 heterocycles. The van der Waals surface area contributed by atoms with Crippen molar-refractivity contribution in [1.29, 1.82) is 0 Å². The summed E-state index contributed by atoms with van der Waals surface area (Å²) < 4.78 is 7.57. The summed E-state index contributed by atoms with van der Waals surface area (Å²) in [6.45, 7) is 5.35. The standard InChI is InChI=1S/C22H29N5O3/c1-18(19-6-3-2-4-7-19)14-26-15-22(30-21(26)29)9-12-25(13-10-22)20(28)8-5-11-27-17-23-16-24-27/h2-4,6-7,16-18H,5,8-15H2,1H3. The van der Waals surface area contributed by atoms with E-state index in [0.29, 0.717) is 52.0 Å². The zero-order valence-corrected chi connectivity index (χ0v) is 17.4. The van der Waals surface area contributed by atoms with E-state index in [0.717, 1.165) is 6.42 Å². The number of nitrogens with zero attached hydrogens (tertiary/aromatic N) is 5. The van der Waals surface area contributed by atoms with E-state index in [1.165, 1.54) is 11.9 Å². The molecule has 1 aromatic carbocycles. The average Bonchev–Trinajstić information content (AvgIpc) is 3.37. The van der Waals surface area contributed by atoms with Gasteiger partial charge in [-0.3, -0.25) is 9.48 Å². The molecule has 0 saturated carbocycles. The molecule has 160 valence electrons. The number of amides is 2. The first kappa shape index (κ1) is 20.4. The van der Waals surface area contributed by atoms with Gasteiger partial charge in [0, 0.05) is 45.4 Å². The van der Waals surface area contributed by atoms with Crippen molar-refractivity contribution in [3.63, 3.8) is 0 Å². The van der Waals surface area contributed by atoms with E-state index < -0.39 is 5.60 Å². The maximum Gasteiger partial charge on any atom is 0.410 e. The fourth-order valence-corrected chi connectivity index (χ4v) is 4.37. The molecule has 0 radical (unpaired) electrons. The minimum atomic E-state index is -0.453. The monoisotopic (exact) mass is 411 g/mol. The van der Waals surface area contributed by atoms with Crippen molar-refractivity contribution < 1.29 is 14.3 Å².